The van der Waals surface area contributed by atoms with Gasteiger partial charge in [0.25, 0.3) is 0 Å². The van der Waals surface area contributed by atoms with E-state index in [0.717, 1.165) is 25.2 Å². The number of allylic oxidation sites excluding steroid dienone is 4. The van der Waals surface area contributed by atoms with Gasteiger partial charge in [0, 0.05) is 5.56 Å². The van der Waals surface area contributed by atoms with Gasteiger partial charge < -0.3 is 29.6 Å². The number of hydrogen-bond donors (Lipinski definition) is 0. The van der Waals surface area contributed by atoms with Gasteiger partial charge in [-0.3, -0.25) is 6.08 Å². The van der Waals surface area contributed by atoms with Gasteiger partial charge in [0.05, 0.1) is 6.61 Å². The Balaban J connectivity index is 0. The van der Waals surface area contributed by atoms with Gasteiger partial charge in [-0.05, 0) is 17.9 Å². The van der Waals surface area contributed by atoms with Crippen LogP contribution < -0.4 is 29.6 Å². The van der Waals surface area contributed by atoms with Crippen molar-refractivity contribution in [3.8, 4) is 5.75 Å². The Hall–Kier alpha value is -0.206. The first kappa shape index (κ1) is 23.1. The second kappa shape index (κ2) is 10.5. The van der Waals surface area contributed by atoms with Gasteiger partial charge in [0.15, 0.2) is 0 Å². The normalized spacial score (nSPS) is 12.6. The van der Waals surface area contributed by atoms with Crippen molar-refractivity contribution in [1.82, 2.24) is 0 Å². The Labute approximate surface area is 155 Å². The molecule has 0 saturated heterocycles. The van der Waals surface area contributed by atoms with Crippen molar-refractivity contribution in [1.29, 1.82) is 0 Å². The summed E-state index contributed by atoms with van der Waals surface area (Å²) in [6.45, 7) is 7.37. The Morgan fingerprint density at radius 3 is 2.43 bits per heavy atom. The molecule has 113 valence electrons. The molecule has 0 aliphatic heterocycles. The minimum absolute atomic E-state index is 0. The molecule has 1 aromatic rings. The van der Waals surface area contributed by atoms with Crippen molar-refractivity contribution >= 4 is 0 Å². The Kier molecular flexibility index (Phi) is 11.5. The predicted molar refractivity (Wildman–Crippen MR) is 75.8 cm³/mol. The molecule has 0 N–H and O–H groups in total. The molecule has 0 heterocycles. The minimum atomic E-state index is -0.0443. The van der Waals surface area contributed by atoms with Crippen molar-refractivity contribution in [2.75, 3.05) is 6.61 Å². The average molecular weight is 360 g/mol. The van der Waals surface area contributed by atoms with Crippen LogP contribution in [0.1, 0.15) is 39.2 Å². The molecule has 4 heteroatoms. The van der Waals surface area contributed by atoms with E-state index in [1.807, 2.05) is 6.07 Å². The SMILES string of the molecule is CCCOc1ccccc1C(C)(C)C1=[C-]CC=C1.[Cl-].[Cl-].[Ti+3]. The van der Waals surface area contributed by atoms with Crippen molar-refractivity contribution in [3.05, 3.63) is 53.6 Å². The van der Waals surface area contributed by atoms with Crippen LogP contribution in [0.25, 0.3) is 0 Å². The first-order valence-electron chi connectivity index (χ1n) is 6.66. The van der Waals surface area contributed by atoms with Crippen molar-refractivity contribution in [3.63, 3.8) is 0 Å². The van der Waals surface area contributed by atoms with Gasteiger partial charge in [0.2, 0.25) is 0 Å². The topological polar surface area (TPSA) is 9.23 Å². The fraction of sp³-hybridized carbons (Fsp3) is 0.412. The molecule has 2 rings (SSSR count). The molecule has 0 spiro atoms. The summed E-state index contributed by atoms with van der Waals surface area (Å²) in [4.78, 5) is 0. The number of ether oxygens (including phenoxy) is 1. The summed E-state index contributed by atoms with van der Waals surface area (Å²) in [5.74, 6) is 0.999. The molecular weight excluding hydrogens is 339 g/mol. The maximum atomic E-state index is 5.87. The quantitative estimate of drug-likeness (QED) is 0.457. The second-order valence-electron chi connectivity index (χ2n) is 5.17. The Morgan fingerprint density at radius 1 is 1.19 bits per heavy atom. The predicted octanol–water partition coefficient (Wildman–Crippen LogP) is -1.55. The Morgan fingerprint density at radius 2 is 1.86 bits per heavy atom. The van der Waals surface area contributed by atoms with Crippen LogP contribution in [-0.4, -0.2) is 6.61 Å². The van der Waals surface area contributed by atoms with Crippen molar-refractivity contribution in [2.24, 2.45) is 0 Å². The third-order valence-corrected chi connectivity index (χ3v) is 3.39. The van der Waals surface area contributed by atoms with Crippen LogP contribution in [0.15, 0.2) is 42.0 Å². The maximum Gasteiger partial charge on any atom is 3.00 e. The van der Waals surface area contributed by atoms with Gasteiger partial charge in [-0.25, -0.2) is 11.6 Å². The fourth-order valence-corrected chi connectivity index (χ4v) is 2.30. The van der Waals surface area contributed by atoms with Gasteiger partial charge in [-0.15, -0.1) is 6.42 Å². The number of rotatable bonds is 5. The molecule has 0 bridgehead atoms. The molecule has 0 amide bonds. The zero-order valence-electron chi connectivity index (χ0n) is 12.7. The first-order valence-corrected chi connectivity index (χ1v) is 6.66. The van der Waals surface area contributed by atoms with E-state index in [-0.39, 0.29) is 51.9 Å². The largest absolute Gasteiger partial charge is 3.00 e. The molecule has 1 aromatic carbocycles. The van der Waals surface area contributed by atoms with Crippen molar-refractivity contribution < 1.29 is 51.3 Å². The maximum absolute atomic E-state index is 5.87. The van der Waals surface area contributed by atoms with E-state index in [9.17, 15) is 0 Å². The Bertz CT molecular complexity index is 481. The monoisotopic (exact) mass is 359 g/mol. The van der Waals surface area contributed by atoms with E-state index in [4.69, 9.17) is 4.74 Å². The summed E-state index contributed by atoms with van der Waals surface area (Å²) in [7, 11) is 0. The summed E-state index contributed by atoms with van der Waals surface area (Å²) >= 11 is 0. The molecule has 0 unspecified atom stereocenters. The molecule has 0 aromatic heterocycles. The molecule has 0 atom stereocenters. The number of para-hydroxylation sites is 1. The molecule has 0 saturated carbocycles. The zero-order valence-corrected chi connectivity index (χ0v) is 15.8. The van der Waals surface area contributed by atoms with Crippen LogP contribution in [-0.2, 0) is 27.1 Å². The molecular formula is C17H21Cl2OTi. The molecule has 1 aliphatic rings. The third kappa shape index (κ3) is 5.49. The summed E-state index contributed by atoms with van der Waals surface area (Å²) in [6.07, 6.45) is 9.72. The zero-order chi connectivity index (χ0) is 13.0. The van der Waals surface area contributed by atoms with Gasteiger partial charge in [-0.1, -0.05) is 39.0 Å². The van der Waals surface area contributed by atoms with Gasteiger partial charge >= 0.3 is 21.7 Å². The molecule has 1 aliphatic carbocycles. The summed E-state index contributed by atoms with van der Waals surface area (Å²) in [6, 6.07) is 8.33. The van der Waals surface area contributed by atoms with Crippen LogP contribution >= 0.6 is 0 Å². The number of halogens is 2. The molecule has 21 heavy (non-hydrogen) atoms. The van der Waals surface area contributed by atoms with Gasteiger partial charge in [0.1, 0.15) is 5.75 Å². The number of benzene rings is 1. The molecule has 0 fully saturated rings. The third-order valence-electron chi connectivity index (χ3n) is 3.39. The summed E-state index contributed by atoms with van der Waals surface area (Å²) in [5.41, 5.74) is 2.46. The van der Waals surface area contributed by atoms with Crippen LogP contribution in [0.3, 0.4) is 0 Å². The summed E-state index contributed by atoms with van der Waals surface area (Å²) in [5, 5.41) is 0. The number of hydrogen-bond acceptors (Lipinski definition) is 1. The van der Waals surface area contributed by atoms with E-state index in [1.54, 1.807) is 0 Å². The first-order chi connectivity index (χ1) is 8.66. The van der Waals surface area contributed by atoms with Crippen LogP contribution in [0.2, 0.25) is 0 Å². The smallest absolute Gasteiger partial charge is 1.00 e. The van der Waals surface area contributed by atoms with E-state index in [2.05, 4.69) is 57.2 Å². The van der Waals surface area contributed by atoms with Gasteiger partial charge in [-0.2, -0.15) is 6.08 Å². The van der Waals surface area contributed by atoms with Crippen LogP contribution in [0.4, 0.5) is 0 Å². The van der Waals surface area contributed by atoms with E-state index >= 15 is 0 Å². The van der Waals surface area contributed by atoms with Crippen LogP contribution in [0, 0.1) is 6.08 Å². The average Bonchev–Trinajstić information content (AvgIpc) is 2.91. The van der Waals surface area contributed by atoms with Crippen molar-refractivity contribution in [2.45, 2.75) is 39.0 Å². The van der Waals surface area contributed by atoms with E-state index in [1.165, 1.54) is 11.1 Å². The van der Waals surface area contributed by atoms with E-state index < -0.39 is 0 Å². The second-order valence-corrected chi connectivity index (χ2v) is 5.17. The fourth-order valence-electron chi connectivity index (χ4n) is 2.30. The summed E-state index contributed by atoms with van der Waals surface area (Å²) < 4.78 is 5.87. The van der Waals surface area contributed by atoms with Crippen LogP contribution in [0.5, 0.6) is 5.75 Å². The molecule has 1 nitrogen and oxygen atoms in total. The molecule has 1 radical (unpaired) electrons. The van der Waals surface area contributed by atoms with E-state index in [0.29, 0.717) is 0 Å². The standard InChI is InChI=1S/C17H21O.2ClH.Ti/c1-4-13-18-16-12-8-7-11-15(16)17(2,3)14-9-5-6-10-14;;;/h5,7-9,11-12H,4,6,13H2,1-3H3;2*1H;/q-1;;;+3/p-2. The minimum Gasteiger partial charge on any atom is -1.00 e.